The molecule has 0 aliphatic heterocycles. The highest BCUT2D eigenvalue weighted by Crippen LogP contribution is 2.36. The second-order valence-electron chi connectivity index (χ2n) is 13.1. The van der Waals surface area contributed by atoms with Crippen LogP contribution in [0.1, 0.15) is 81.8 Å². The van der Waals surface area contributed by atoms with E-state index in [2.05, 4.69) is 10.6 Å². The summed E-state index contributed by atoms with van der Waals surface area (Å²) in [5.74, 6) is -0.815. The average Bonchev–Trinajstić information content (AvgIpc) is 2.94. The minimum Gasteiger partial charge on any atom is -0.508 e. The molecule has 0 saturated heterocycles. The predicted molar refractivity (Wildman–Crippen MR) is 180 cm³/mol. The van der Waals surface area contributed by atoms with Gasteiger partial charge in [-0.05, 0) is 108 Å². The molecule has 0 heterocycles. The average molecular weight is 636 g/mol. The highest BCUT2D eigenvalue weighted by atomic mass is 35.5. The molecule has 3 rings (SSSR count). The molecule has 8 nitrogen and oxygen atoms in total. The molecular formula is C36H46ClN3O5. The lowest BCUT2D eigenvalue weighted by Crippen LogP contribution is -2.59. The van der Waals surface area contributed by atoms with E-state index in [4.69, 9.17) is 16.3 Å². The monoisotopic (exact) mass is 635 g/mol. The molecule has 0 aliphatic rings. The fourth-order valence-corrected chi connectivity index (χ4v) is 5.35. The second kappa shape index (κ2) is 14.4. The fraction of sp³-hybridized carbons (Fsp3) is 0.417. The number of halogens is 1. The predicted octanol–water partition coefficient (Wildman–Crippen LogP) is 7.80. The number of ether oxygens (including phenoxy) is 1. The van der Waals surface area contributed by atoms with Crippen molar-refractivity contribution in [2.75, 3.05) is 5.32 Å². The van der Waals surface area contributed by atoms with E-state index in [9.17, 15) is 19.5 Å². The van der Waals surface area contributed by atoms with Crippen molar-refractivity contribution in [3.05, 3.63) is 93.5 Å². The Labute approximate surface area is 272 Å². The van der Waals surface area contributed by atoms with Gasteiger partial charge in [-0.1, -0.05) is 61.0 Å². The summed E-state index contributed by atoms with van der Waals surface area (Å²) in [5.41, 5.74) is 2.80. The quantitative estimate of drug-likeness (QED) is 0.211. The summed E-state index contributed by atoms with van der Waals surface area (Å²) in [5, 5.41) is 16.0. The zero-order chi connectivity index (χ0) is 33.7. The molecule has 2 atom stereocenters. The Balaban J connectivity index is 2.22. The van der Waals surface area contributed by atoms with Crippen LogP contribution >= 0.6 is 11.6 Å². The first-order chi connectivity index (χ1) is 20.9. The summed E-state index contributed by atoms with van der Waals surface area (Å²) in [6, 6.07) is 15.3. The maximum absolute atomic E-state index is 14.9. The first-order valence-corrected chi connectivity index (χ1v) is 15.6. The van der Waals surface area contributed by atoms with Gasteiger partial charge in [0.25, 0.3) is 5.91 Å². The van der Waals surface area contributed by atoms with Crippen LogP contribution in [-0.4, -0.2) is 45.1 Å². The molecular weight excluding hydrogens is 590 g/mol. The molecule has 3 amide bonds. The molecule has 0 fully saturated rings. The van der Waals surface area contributed by atoms with E-state index in [1.54, 1.807) is 43.9 Å². The van der Waals surface area contributed by atoms with Crippen molar-refractivity contribution < 1.29 is 24.2 Å². The van der Waals surface area contributed by atoms with Crippen LogP contribution in [0.3, 0.4) is 0 Å². The molecule has 242 valence electrons. The third-order valence-electron chi connectivity index (χ3n) is 8.04. The van der Waals surface area contributed by atoms with Crippen molar-refractivity contribution in [2.45, 2.75) is 98.4 Å². The lowest BCUT2D eigenvalue weighted by Gasteiger charge is -2.45. The smallest absolute Gasteiger partial charge is 0.408 e. The summed E-state index contributed by atoms with van der Waals surface area (Å²) in [7, 11) is 0. The summed E-state index contributed by atoms with van der Waals surface area (Å²) in [6.07, 6.45) is -0.149. The molecule has 0 aromatic heterocycles. The first-order valence-electron chi connectivity index (χ1n) is 15.2. The van der Waals surface area contributed by atoms with Crippen LogP contribution in [0.4, 0.5) is 10.5 Å². The van der Waals surface area contributed by atoms with Gasteiger partial charge in [-0.2, -0.15) is 0 Å². The number of hydrogen-bond donors (Lipinski definition) is 3. The van der Waals surface area contributed by atoms with Gasteiger partial charge in [-0.3, -0.25) is 9.59 Å². The van der Waals surface area contributed by atoms with Crippen LogP contribution in [0.5, 0.6) is 5.75 Å². The van der Waals surface area contributed by atoms with Gasteiger partial charge in [-0.25, -0.2) is 4.79 Å². The number of nitrogens with one attached hydrogen (secondary N) is 2. The fourth-order valence-electron chi connectivity index (χ4n) is 5.08. The number of nitrogens with zero attached hydrogens (tertiary/aromatic N) is 1. The van der Waals surface area contributed by atoms with Crippen molar-refractivity contribution >= 4 is 35.2 Å². The minimum absolute atomic E-state index is 0.0806. The molecule has 0 bridgehead atoms. The van der Waals surface area contributed by atoms with Crippen molar-refractivity contribution in [2.24, 2.45) is 0 Å². The topological polar surface area (TPSA) is 108 Å². The summed E-state index contributed by atoms with van der Waals surface area (Å²) in [4.78, 5) is 44.1. The minimum atomic E-state index is -1.10. The standard InChI is InChI=1S/C36H46ClN3O5/c1-10-36(8,9)40(33(43)29(38-34(44)45-35(5,6)7)21-25-17-19-26(41)20-18-25)31(27-15-11-13-22(2)24(27)4)32(42)39-30-23(3)14-12-16-28(30)37/h11-20,29,31,41H,10,21H2,1-9H3,(H,38,44)(H,39,42). The van der Waals surface area contributed by atoms with Gasteiger partial charge < -0.3 is 25.4 Å². The summed E-state index contributed by atoms with van der Waals surface area (Å²) >= 11 is 6.53. The van der Waals surface area contributed by atoms with Crippen LogP contribution in [0.15, 0.2) is 60.7 Å². The molecule has 3 aromatic rings. The van der Waals surface area contributed by atoms with E-state index < -0.39 is 41.1 Å². The number of phenols is 1. The van der Waals surface area contributed by atoms with Crippen molar-refractivity contribution in [1.29, 1.82) is 0 Å². The van der Waals surface area contributed by atoms with E-state index >= 15 is 0 Å². The highest BCUT2D eigenvalue weighted by Gasteiger charge is 2.44. The molecule has 0 radical (unpaired) electrons. The van der Waals surface area contributed by atoms with Crippen molar-refractivity contribution in [3.63, 3.8) is 0 Å². The lowest BCUT2D eigenvalue weighted by molar-refractivity contribution is -0.147. The van der Waals surface area contributed by atoms with E-state index in [0.29, 0.717) is 28.3 Å². The molecule has 0 spiro atoms. The third kappa shape index (κ3) is 9.01. The van der Waals surface area contributed by atoms with E-state index in [-0.39, 0.29) is 12.2 Å². The number of para-hydroxylation sites is 1. The molecule has 3 N–H and O–H groups in total. The van der Waals surface area contributed by atoms with Crippen LogP contribution in [0, 0.1) is 20.8 Å². The normalized spacial score (nSPS) is 13.0. The SMILES string of the molecule is CCC(C)(C)N(C(=O)C(Cc1ccc(O)cc1)NC(=O)OC(C)(C)C)C(C(=O)Nc1c(C)cccc1Cl)c1cccc(C)c1C. The van der Waals surface area contributed by atoms with E-state index in [1.165, 1.54) is 12.1 Å². The zero-order valence-corrected chi connectivity index (χ0v) is 28.5. The maximum Gasteiger partial charge on any atom is 0.408 e. The van der Waals surface area contributed by atoms with Gasteiger partial charge in [0.1, 0.15) is 23.4 Å². The van der Waals surface area contributed by atoms with Crippen LogP contribution in [-0.2, 0) is 20.7 Å². The Bertz CT molecular complexity index is 1510. The first kappa shape index (κ1) is 35.4. The van der Waals surface area contributed by atoms with Crippen LogP contribution in [0.25, 0.3) is 0 Å². The Kier molecular flexibility index (Phi) is 11.3. The molecule has 9 heteroatoms. The summed E-state index contributed by atoms with van der Waals surface area (Å²) < 4.78 is 5.54. The largest absolute Gasteiger partial charge is 0.508 e. The molecule has 3 aromatic carbocycles. The lowest BCUT2D eigenvalue weighted by atomic mass is 9.88. The number of aromatic hydroxyl groups is 1. The van der Waals surface area contributed by atoms with Gasteiger partial charge >= 0.3 is 6.09 Å². The Hall–Kier alpha value is -4.04. The number of anilines is 1. The van der Waals surface area contributed by atoms with Crippen molar-refractivity contribution in [1.82, 2.24) is 10.2 Å². The Morgan fingerprint density at radius 2 is 1.51 bits per heavy atom. The number of amides is 3. The van der Waals surface area contributed by atoms with Gasteiger partial charge in [0.05, 0.1) is 10.7 Å². The number of carbonyl (C=O) groups excluding carboxylic acids is 3. The van der Waals surface area contributed by atoms with E-state index in [1.807, 2.05) is 71.9 Å². The number of rotatable bonds is 10. The van der Waals surface area contributed by atoms with Gasteiger partial charge in [0.15, 0.2) is 0 Å². The number of phenolic OH excluding ortho intramolecular Hbond substituents is 1. The molecule has 45 heavy (non-hydrogen) atoms. The van der Waals surface area contributed by atoms with E-state index in [0.717, 1.165) is 16.7 Å². The van der Waals surface area contributed by atoms with Gasteiger partial charge in [0, 0.05) is 12.0 Å². The number of benzene rings is 3. The number of hydrogen-bond acceptors (Lipinski definition) is 5. The maximum atomic E-state index is 14.9. The van der Waals surface area contributed by atoms with Crippen molar-refractivity contribution in [3.8, 4) is 5.75 Å². The number of alkyl carbamates (subject to hydrolysis) is 1. The molecule has 0 saturated carbocycles. The Morgan fingerprint density at radius 3 is 2.09 bits per heavy atom. The second-order valence-corrected chi connectivity index (χ2v) is 13.5. The highest BCUT2D eigenvalue weighted by molar-refractivity contribution is 6.34. The summed E-state index contributed by atoms with van der Waals surface area (Å²) in [6.45, 7) is 16.7. The number of carbonyl (C=O) groups is 3. The number of aryl methyl sites for hydroxylation is 2. The van der Waals surface area contributed by atoms with Crippen LogP contribution < -0.4 is 10.6 Å². The molecule has 0 aliphatic carbocycles. The Morgan fingerprint density at radius 1 is 0.911 bits per heavy atom. The third-order valence-corrected chi connectivity index (χ3v) is 8.35. The zero-order valence-electron chi connectivity index (χ0n) is 27.7. The van der Waals surface area contributed by atoms with Crippen LogP contribution in [0.2, 0.25) is 5.02 Å². The molecule has 2 unspecified atom stereocenters. The van der Waals surface area contributed by atoms with Gasteiger partial charge in [0.2, 0.25) is 5.91 Å². The van der Waals surface area contributed by atoms with Gasteiger partial charge in [-0.15, -0.1) is 0 Å².